The van der Waals surface area contributed by atoms with E-state index < -0.39 is 15.8 Å². The third-order valence-corrected chi connectivity index (χ3v) is 4.32. The fraction of sp³-hybridized carbons (Fsp3) is 0.182. The van der Waals surface area contributed by atoms with E-state index in [4.69, 9.17) is 17.3 Å². The summed E-state index contributed by atoms with van der Waals surface area (Å²) in [6.45, 7) is 1.68. The van der Waals surface area contributed by atoms with Crippen molar-refractivity contribution in [3.8, 4) is 0 Å². The number of sulfonamides is 1. The van der Waals surface area contributed by atoms with E-state index in [1.807, 2.05) is 0 Å². The van der Waals surface area contributed by atoms with Crippen LogP contribution in [0.15, 0.2) is 23.2 Å². The molecule has 9 heteroatoms. The molecule has 0 fully saturated rings. The number of aromatic amines is 1. The number of nitrogens with one attached hydrogen (secondary N) is 2. The zero-order valence-corrected chi connectivity index (χ0v) is 12.0. The number of H-pyrrole nitrogens is 1. The van der Waals surface area contributed by atoms with Crippen molar-refractivity contribution in [3.05, 3.63) is 40.3 Å². The van der Waals surface area contributed by atoms with Crippen LogP contribution in [0.1, 0.15) is 11.3 Å². The van der Waals surface area contributed by atoms with Crippen molar-refractivity contribution in [1.29, 1.82) is 0 Å². The summed E-state index contributed by atoms with van der Waals surface area (Å²) in [6.07, 6.45) is 0. The maximum Gasteiger partial charge on any atom is 0.281 e. The van der Waals surface area contributed by atoms with E-state index in [-0.39, 0.29) is 22.3 Å². The van der Waals surface area contributed by atoms with Gasteiger partial charge in [-0.1, -0.05) is 11.6 Å². The van der Waals surface area contributed by atoms with E-state index in [2.05, 4.69) is 14.9 Å². The molecule has 6 nitrogen and oxygen atoms in total. The topological polar surface area (TPSA) is 101 Å². The second-order valence-corrected chi connectivity index (χ2v) is 6.08. The molecule has 0 saturated carbocycles. The zero-order valence-electron chi connectivity index (χ0n) is 10.4. The molecule has 2 aromatic rings. The largest absolute Gasteiger partial charge is 0.326 e. The minimum atomic E-state index is -3.95. The summed E-state index contributed by atoms with van der Waals surface area (Å²) in [7, 11) is -3.95. The van der Waals surface area contributed by atoms with Crippen LogP contribution in [0.3, 0.4) is 0 Å². The minimum Gasteiger partial charge on any atom is -0.326 e. The van der Waals surface area contributed by atoms with E-state index in [1.165, 1.54) is 12.1 Å². The van der Waals surface area contributed by atoms with Crippen LogP contribution in [0.5, 0.6) is 0 Å². The first-order chi connectivity index (χ1) is 9.35. The van der Waals surface area contributed by atoms with Crippen molar-refractivity contribution in [2.24, 2.45) is 5.73 Å². The van der Waals surface area contributed by atoms with Crippen LogP contribution in [0.25, 0.3) is 0 Å². The highest BCUT2D eigenvalue weighted by Gasteiger charge is 2.23. The summed E-state index contributed by atoms with van der Waals surface area (Å²) >= 11 is 5.53. The summed E-state index contributed by atoms with van der Waals surface area (Å²) in [4.78, 5) is 0. The van der Waals surface area contributed by atoms with Gasteiger partial charge in [0.2, 0.25) is 5.03 Å². The van der Waals surface area contributed by atoms with E-state index in [0.717, 1.165) is 6.07 Å². The number of nitrogens with zero attached hydrogens (tertiary/aromatic N) is 1. The molecule has 0 saturated heterocycles. The molecule has 20 heavy (non-hydrogen) atoms. The van der Waals surface area contributed by atoms with Gasteiger partial charge in [0.25, 0.3) is 10.0 Å². The number of nitrogens with two attached hydrogens (primary N) is 1. The first kappa shape index (κ1) is 14.8. The van der Waals surface area contributed by atoms with Gasteiger partial charge in [0.1, 0.15) is 5.82 Å². The highest BCUT2D eigenvalue weighted by molar-refractivity contribution is 7.92. The van der Waals surface area contributed by atoms with Crippen LogP contribution in [0, 0.1) is 12.7 Å². The van der Waals surface area contributed by atoms with Gasteiger partial charge in [-0.2, -0.15) is 13.5 Å². The summed E-state index contributed by atoms with van der Waals surface area (Å²) < 4.78 is 39.9. The number of hydrogen-bond acceptors (Lipinski definition) is 4. The van der Waals surface area contributed by atoms with Crippen molar-refractivity contribution < 1.29 is 12.8 Å². The highest BCUT2D eigenvalue weighted by Crippen LogP contribution is 2.22. The average Bonchev–Trinajstić information content (AvgIpc) is 2.75. The molecule has 0 aliphatic carbocycles. The molecule has 0 aliphatic heterocycles. The van der Waals surface area contributed by atoms with Gasteiger partial charge in [-0.25, -0.2) is 4.39 Å². The number of aryl methyl sites for hydroxylation is 1. The smallest absolute Gasteiger partial charge is 0.281 e. The Labute approximate surface area is 120 Å². The van der Waals surface area contributed by atoms with Gasteiger partial charge >= 0.3 is 0 Å². The Morgan fingerprint density at radius 1 is 1.50 bits per heavy atom. The summed E-state index contributed by atoms with van der Waals surface area (Å²) in [5.74, 6) is -0.718. The van der Waals surface area contributed by atoms with Crippen molar-refractivity contribution in [2.75, 3.05) is 4.72 Å². The number of hydrogen-bond donors (Lipinski definition) is 3. The van der Waals surface area contributed by atoms with E-state index in [1.54, 1.807) is 6.92 Å². The van der Waals surface area contributed by atoms with Gasteiger partial charge in [0, 0.05) is 17.8 Å². The number of aromatic nitrogens is 2. The zero-order chi connectivity index (χ0) is 14.9. The molecule has 0 amide bonds. The molecule has 2 rings (SSSR count). The number of benzene rings is 1. The molecule has 0 atom stereocenters. The number of halogens is 2. The third-order valence-electron chi connectivity index (χ3n) is 2.67. The van der Waals surface area contributed by atoms with E-state index >= 15 is 0 Å². The molecule has 0 unspecified atom stereocenters. The molecule has 108 valence electrons. The highest BCUT2D eigenvalue weighted by atomic mass is 35.5. The van der Waals surface area contributed by atoms with Gasteiger partial charge in [0.05, 0.1) is 10.7 Å². The monoisotopic (exact) mass is 318 g/mol. The molecular weight excluding hydrogens is 307 g/mol. The quantitative estimate of drug-likeness (QED) is 0.799. The van der Waals surface area contributed by atoms with Crippen LogP contribution in [-0.4, -0.2) is 18.6 Å². The van der Waals surface area contributed by atoms with Crippen molar-refractivity contribution in [3.63, 3.8) is 0 Å². The summed E-state index contributed by atoms with van der Waals surface area (Å²) in [5.41, 5.74) is 6.50. The van der Waals surface area contributed by atoms with Crippen LogP contribution >= 0.6 is 11.6 Å². The Balaban J connectivity index is 2.38. The lowest BCUT2D eigenvalue weighted by atomic mass is 10.3. The SMILES string of the molecule is Cc1[nH]nc(S(=O)(=O)Nc2ccc(Cl)c(F)c2)c1CN. The Morgan fingerprint density at radius 3 is 2.80 bits per heavy atom. The van der Waals surface area contributed by atoms with Crippen molar-refractivity contribution >= 4 is 27.3 Å². The number of rotatable bonds is 4. The van der Waals surface area contributed by atoms with Crippen molar-refractivity contribution in [2.45, 2.75) is 18.5 Å². The molecule has 0 spiro atoms. The van der Waals surface area contributed by atoms with Gasteiger partial charge in [-0.05, 0) is 25.1 Å². The van der Waals surface area contributed by atoms with Crippen molar-refractivity contribution in [1.82, 2.24) is 10.2 Å². The molecule has 0 aliphatic rings. The van der Waals surface area contributed by atoms with Gasteiger partial charge in [0.15, 0.2) is 0 Å². The Kier molecular flexibility index (Phi) is 3.98. The molecule has 1 aromatic carbocycles. The predicted molar refractivity (Wildman–Crippen MR) is 73.4 cm³/mol. The van der Waals surface area contributed by atoms with Crippen LogP contribution < -0.4 is 10.5 Å². The van der Waals surface area contributed by atoms with E-state index in [9.17, 15) is 12.8 Å². The second kappa shape index (κ2) is 5.39. The summed E-state index contributed by atoms with van der Waals surface area (Å²) in [5, 5.41) is 5.98. The summed E-state index contributed by atoms with van der Waals surface area (Å²) in [6, 6.07) is 3.60. The first-order valence-electron chi connectivity index (χ1n) is 5.57. The molecule has 0 radical (unpaired) electrons. The fourth-order valence-electron chi connectivity index (χ4n) is 1.66. The normalized spacial score (nSPS) is 11.6. The fourth-order valence-corrected chi connectivity index (χ4v) is 3.03. The predicted octanol–water partition coefficient (Wildman–Crippen LogP) is 1.77. The lowest BCUT2D eigenvalue weighted by molar-refractivity contribution is 0.595. The first-order valence-corrected chi connectivity index (χ1v) is 7.43. The lowest BCUT2D eigenvalue weighted by Gasteiger charge is -2.07. The maximum atomic E-state index is 13.3. The average molecular weight is 319 g/mol. The maximum absolute atomic E-state index is 13.3. The lowest BCUT2D eigenvalue weighted by Crippen LogP contribution is -2.16. The third kappa shape index (κ3) is 2.77. The van der Waals surface area contributed by atoms with Gasteiger partial charge < -0.3 is 5.73 Å². The van der Waals surface area contributed by atoms with Crippen LogP contribution in [0.4, 0.5) is 10.1 Å². The molecule has 1 aromatic heterocycles. The van der Waals surface area contributed by atoms with Crippen LogP contribution in [0.2, 0.25) is 5.02 Å². The minimum absolute atomic E-state index is 0.0214. The Bertz CT molecular complexity index is 745. The standard InChI is InChI=1S/C11H12ClFN4O2S/c1-6-8(5-14)11(16-15-6)20(18,19)17-7-2-3-9(12)10(13)4-7/h2-4,17H,5,14H2,1H3,(H,15,16). The van der Waals surface area contributed by atoms with E-state index in [0.29, 0.717) is 11.3 Å². The molecule has 0 bridgehead atoms. The Hall–Kier alpha value is -1.64. The number of anilines is 1. The molecule has 1 heterocycles. The van der Waals surface area contributed by atoms with Crippen LogP contribution in [-0.2, 0) is 16.6 Å². The second-order valence-electron chi connectivity index (χ2n) is 4.07. The molecular formula is C11H12ClFN4O2S. The van der Waals surface area contributed by atoms with Gasteiger partial charge in [-0.15, -0.1) is 0 Å². The molecule has 4 N–H and O–H groups in total. The van der Waals surface area contributed by atoms with Gasteiger partial charge in [-0.3, -0.25) is 9.82 Å². The Morgan fingerprint density at radius 2 is 2.20 bits per heavy atom.